The number of benzene rings is 1. The normalized spacial score (nSPS) is 19.8. The van der Waals surface area contributed by atoms with Crippen LogP contribution in [0.2, 0.25) is 0 Å². The molecular formula is C13H16N4O. The number of nitriles is 1. The second-order valence-corrected chi connectivity index (χ2v) is 4.53. The maximum Gasteiger partial charge on any atom is 0.324 e. The van der Waals surface area contributed by atoms with E-state index in [1.54, 1.807) is 41.1 Å². The van der Waals surface area contributed by atoms with Crippen molar-refractivity contribution in [3.63, 3.8) is 0 Å². The Kier molecular flexibility index (Phi) is 3.49. The standard InChI is InChI=1S/C13H16N4O/c1-16-8-11(7-15)9-17(13(16)18)12-4-2-10(6-14)3-5-12/h2-5,11H,7-9,15H2,1H3. The van der Waals surface area contributed by atoms with Crippen molar-refractivity contribution in [1.29, 1.82) is 5.26 Å². The monoisotopic (exact) mass is 244 g/mol. The number of nitrogens with two attached hydrogens (primary N) is 1. The first kappa shape index (κ1) is 12.4. The van der Waals surface area contributed by atoms with Crippen LogP contribution in [0.15, 0.2) is 24.3 Å². The lowest BCUT2D eigenvalue weighted by Gasteiger charge is -2.37. The zero-order valence-corrected chi connectivity index (χ0v) is 10.3. The number of urea groups is 1. The van der Waals surface area contributed by atoms with Crippen LogP contribution in [0, 0.1) is 17.2 Å². The third-order valence-electron chi connectivity index (χ3n) is 3.17. The van der Waals surface area contributed by atoms with Gasteiger partial charge in [-0.2, -0.15) is 5.26 Å². The van der Waals surface area contributed by atoms with Gasteiger partial charge < -0.3 is 10.6 Å². The van der Waals surface area contributed by atoms with Crippen molar-refractivity contribution in [1.82, 2.24) is 4.90 Å². The molecule has 1 aromatic rings. The molecule has 1 saturated heterocycles. The Hall–Kier alpha value is -2.06. The zero-order chi connectivity index (χ0) is 13.1. The fourth-order valence-electron chi connectivity index (χ4n) is 2.15. The van der Waals surface area contributed by atoms with E-state index in [0.717, 1.165) is 5.69 Å². The largest absolute Gasteiger partial charge is 0.330 e. The van der Waals surface area contributed by atoms with Gasteiger partial charge in [-0.3, -0.25) is 4.90 Å². The van der Waals surface area contributed by atoms with Gasteiger partial charge in [0.2, 0.25) is 0 Å². The van der Waals surface area contributed by atoms with E-state index in [-0.39, 0.29) is 11.9 Å². The van der Waals surface area contributed by atoms with E-state index in [1.807, 2.05) is 0 Å². The van der Waals surface area contributed by atoms with Crippen LogP contribution in [0.25, 0.3) is 0 Å². The van der Waals surface area contributed by atoms with Crippen molar-refractivity contribution < 1.29 is 4.79 Å². The van der Waals surface area contributed by atoms with Gasteiger partial charge in [-0.1, -0.05) is 0 Å². The van der Waals surface area contributed by atoms with Gasteiger partial charge in [-0.05, 0) is 30.8 Å². The van der Waals surface area contributed by atoms with Gasteiger partial charge in [-0.25, -0.2) is 4.79 Å². The van der Waals surface area contributed by atoms with E-state index in [9.17, 15) is 4.79 Å². The predicted octanol–water partition coefficient (Wildman–Crippen LogP) is 1.00. The molecule has 0 saturated carbocycles. The summed E-state index contributed by atoms with van der Waals surface area (Å²) in [6, 6.07) is 9.06. The molecule has 1 atom stereocenters. The predicted molar refractivity (Wildman–Crippen MR) is 69.1 cm³/mol. The minimum atomic E-state index is -0.0237. The third-order valence-corrected chi connectivity index (χ3v) is 3.17. The van der Waals surface area contributed by atoms with Crippen molar-refractivity contribution in [3.05, 3.63) is 29.8 Å². The van der Waals surface area contributed by atoms with Crippen LogP contribution in [0.3, 0.4) is 0 Å². The number of carbonyl (C=O) groups is 1. The van der Waals surface area contributed by atoms with Crippen LogP contribution in [0.4, 0.5) is 10.5 Å². The van der Waals surface area contributed by atoms with Crippen molar-refractivity contribution in [2.45, 2.75) is 0 Å². The molecule has 1 unspecified atom stereocenters. The zero-order valence-electron chi connectivity index (χ0n) is 10.3. The minimum absolute atomic E-state index is 0.0237. The summed E-state index contributed by atoms with van der Waals surface area (Å²) in [7, 11) is 1.78. The quantitative estimate of drug-likeness (QED) is 0.843. The van der Waals surface area contributed by atoms with Crippen molar-refractivity contribution in [3.8, 4) is 6.07 Å². The van der Waals surface area contributed by atoms with Crippen molar-refractivity contribution >= 4 is 11.7 Å². The smallest absolute Gasteiger partial charge is 0.324 e. The second-order valence-electron chi connectivity index (χ2n) is 4.53. The Morgan fingerprint density at radius 3 is 2.61 bits per heavy atom. The number of rotatable bonds is 2. The topological polar surface area (TPSA) is 73.4 Å². The van der Waals surface area contributed by atoms with Gasteiger partial charge >= 0.3 is 6.03 Å². The molecule has 0 spiro atoms. The van der Waals surface area contributed by atoms with Crippen molar-refractivity contribution in [2.24, 2.45) is 11.7 Å². The van der Waals surface area contributed by atoms with Crippen LogP contribution >= 0.6 is 0 Å². The molecule has 0 aromatic heterocycles. The van der Waals surface area contributed by atoms with E-state index >= 15 is 0 Å². The van der Waals surface area contributed by atoms with E-state index in [4.69, 9.17) is 11.0 Å². The summed E-state index contributed by atoms with van der Waals surface area (Å²) in [6.07, 6.45) is 0. The summed E-state index contributed by atoms with van der Waals surface area (Å²) in [5, 5.41) is 8.76. The number of hydrogen-bond donors (Lipinski definition) is 1. The molecule has 1 fully saturated rings. The highest BCUT2D eigenvalue weighted by atomic mass is 16.2. The molecule has 0 aliphatic carbocycles. The highest BCUT2D eigenvalue weighted by molar-refractivity contribution is 5.92. The van der Waals surface area contributed by atoms with Crippen LogP contribution in [0.1, 0.15) is 5.56 Å². The first-order valence-corrected chi connectivity index (χ1v) is 5.88. The summed E-state index contributed by atoms with van der Waals surface area (Å²) in [6.45, 7) is 1.89. The molecule has 2 N–H and O–H groups in total. The molecule has 5 heteroatoms. The van der Waals surface area contributed by atoms with Crippen LogP contribution in [-0.2, 0) is 0 Å². The number of carbonyl (C=O) groups excluding carboxylic acids is 1. The average molecular weight is 244 g/mol. The molecule has 1 heterocycles. The highest BCUT2D eigenvalue weighted by Crippen LogP contribution is 2.21. The molecule has 1 aliphatic heterocycles. The Balaban J connectivity index is 2.24. The number of hydrogen-bond acceptors (Lipinski definition) is 3. The maximum atomic E-state index is 12.1. The molecule has 1 aromatic carbocycles. The summed E-state index contributed by atoms with van der Waals surface area (Å²) in [5.41, 5.74) is 7.09. The molecule has 0 radical (unpaired) electrons. The fraction of sp³-hybridized carbons (Fsp3) is 0.385. The van der Waals surface area contributed by atoms with E-state index in [0.29, 0.717) is 25.2 Å². The van der Waals surface area contributed by atoms with Gasteiger partial charge in [-0.15, -0.1) is 0 Å². The minimum Gasteiger partial charge on any atom is -0.330 e. The van der Waals surface area contributed by atoms with Crippen molar-refractivity contribution in [2.75, 3.05) is 31.6 Å². The summed E-state index contributed by atoms with van der Waals surface area (Å²) in [5.74, 6) is 0.281. The molecule has 5 nitrogen and oxygen atoms in total. The Bertz CT molecular complexity index is 477. The number of anilines is 1. The second kappa shape index (κ2) is 5.07. The van der Waals surface area contributed by atoms with Gasteiger partial charge in [0.05, 0.1) is 11.6 Å². The molecule has 2 amide bonds. The van der Waals surface area contributed by atoms with Gasteiger partial charge in [0.25, 0.3) is 0 Å². The molecule has 18 heavy (non-hydrogen) atoms. The lowest BCUT2D eigenvalue weighted by molar-refractivity contribution is 0.194. The summed E-state index contributed by atoms with van der Waals surface area (Å²) in [4.78, 5) is 15.5. The first-order chi connectivity index (χ1) is 8.65. The van der Waals surface area contributed by atoms with E-state index in [1.165, 1.54) is 0 Å². The third kappa shape index (κ3) is 2.29. The van der Waals surface area contributed by atoms with E-state index < -0.39 is 0 Å². The number of nitrogens with zero attached hydrogens (tertiary/aromatic N) is 3. The highest BCUT2D eigenvalue weighted by Gasteiger charge is 2.29. The Morgan fingerprint density at radius 2 is 2.06 bits per heavy atom. The lowest BCUT2D eigenvalue weighted by Crippen LogP contribution is -2.53. The van der Waals surface area contributed by atoms with Crippen LogP contribution < -0.4 is 10.6 Å². The number of amides is 2. The molecule has 94 valence electrons. The average Bonchev–Trinajstić information content (AvgIpc) is 2.42. The SMILES string of the molecule is CN1CC(CN)CN(c2ccc(C#N)cc2)C1=O. The lowest BCUT2D eigenvalue weighted by atomic mass is 10.1. The molecular weight excluding hydrogens is 228 g/mol. The van der Waals surface area contributed by atoms with Gasteiger partial charge in [0.1, 0.15) is 0 Å². The Labute approximate surface area is 106 Å². The molecule has 2 rings (SSSR count). The van der Waals surface area contributed by atoms with Gasteiger partial charge in [0.15, 0.2) is 0 Å². The molecule has 1 aliphatic rings. The fourth-order valence-corrected chi connectivity index (χ4v) is 2.15. The molecule has 0 bridgehead atoms. The summed E-state index contributed by atoms with van der Waals surface area (Å²) >= 11 is 0. The first-order valence-electron chi connectivity index (χ1n) is 5.88. The van der Waals surface area contributed by atoms with Crippen LogP contribution in [-0.4, -0.2) is 37.6 Å². The van der Waals surface area contributed by atoms with E-state index in [2.05, 4.69) is 6.07 Å². The van der Waals surface area contributed by atoms with Crippen LogP contribution in [0.5, 0.6) is 0 Å². The summed E-state index contributed by atoms with van der Waals surface area (Å²) < 4.78 is 0. The Morgan fingerprint density at radius 1 is 1.39 bits per heavy atom. The van der Waals surface area contributed by atoms with Gasteiger partial charge in [0, 0.05) is 31.7 Å². The maximum absolute atomic E-state index is 12.1.